The van der Waals surface area contributed by atoms with Crippen molar-refractivity contribution in [2.45, 2.75) is 38.3 Å². The third-order valence-electron chi connectivity index (χ3n) is 5.04. The molecule has 1 aromatic heterocycles. The summed E-state index contributed by atoms with van der Waals surface area (Å²) in [6, 6.07) is 4.20. The first-order valence-electron chi connectivity index (χ1n) is 8.59. The van der Waals surface area contributed by atoms with Gasteiger partial charge in [0.05, 0.1) is 0 Å². The standard InChI is InChI=1S/C17H27N5O/c18-15-4-9-22(10-5-15)17(23)14-2-7-21(8-3-14)12-13-1-6-20-16(19)11-13/h1,6,11,14-15H,2-5,7-10,12,18H2,(H2,19,20). The number of pyridine rings is 1. The van der Waals surface area contributed by atoms with Crippen molar-refractivity contribution < 1.29 is 4.79 Å². The maximum atomic E-state index is 12.6. The molecule has 0 saturated carbocycles. The van der Waals surface area contributed by atoms with Crippen molar-refractivity contribution in [1.82, 2.24) is 14.8 Å². The number of amides is 1. The van der Waals surface area contributed by atoms with E-state index in [4.69, 9.17) is 11.5 Å². The topological polar surface area (TPSA) is 88.5 Å². The van der Waals surface area contributed by atoms with Gasteiger partial charge in [-0.15, -0.1) is 0 Å². The van der Waals surface area contributed by atoms with Gasteiger partial charge in [-0.1, -0.05) is 0 Å². The quantitative estimate of drug-likeness (QED) is 0.862. The minimum atomic E-state index is 0.183. The van der Waals surface area contributed by atoms with E-state index in [0.717, 1.165) is 58.4 Å². The van der Waals surface area contributed by atoms with Crippen LogP contribution in [0, 0.1) is 5.92 Å². The molecule has 6 nitrogen and oxygen atoms in total. The molecule has 2 aliphatic rings. The van der Waals surface area contributed by atoms with Crippen LogP contribution in [0.25, 0.3) is 0 Å². The van der Waals surface area contributed by atoms with E-state index < -0.39 is 0 Å². The van der Waals surface area contributed by atoms with E-state index in [1.165, 1.54) is 5.56 Å². The van der Waals surface area contributed by atoms with Crippen LogP contribution in [0.5, 0.6) is 0 Å². The maximum Gasteiger partial charge on any atom is 0.225 e. The summed E-state index contributed by atoms with van der Waals surface area (Å²) in [5.74, 6) is 1.09. The highest BCUT2D eigenvalue weighted by Crippen LogP contribution is 2.23. The summed E-state index contributed by atoms with van der Waals surface area (Å²) in [5, 5.41) is 0. The SMILES string of the molecule is Nc1cc(CN2CCC(C(=O)N3CCC(N)CC3)CC2)ccn1. The summed E-state index contributed by atoms with van der Waals surface area (Å²) in [6.07, 6.45) is 5.52. The Morgan fingerprint density at radius 3 is 2.52 bits per heavy atom. The molecule has 0 radical (unpaired) electrons. The molecule has 1 aromatic rings. The molecule has 0 atom stereocenters. The zero-order valence-corrected chi connectivity index (χ0v) is 13.7. The Morgan fingerprint density at radius 2 is 1.87 bits per heavy atom. The molecule has 2 fully saturated rings. The molecule has 4 N–H and O–H groups in total. The van der Waals surface area contributed by atoms with Gasteiger partial charge in [0.15, 0.2) is 0 Å². The first-order valence-corrected chi connectivity index (χ1v) is 8.59. The van der Waals surface area contributed by atoms with E-state index in [-0.39, 0.29) is 12.0 Å². The van der Waals surface area contributed by atoms with E-state index in [1.807, 2.05) is 17.0 Å². The lowest BCUT2D eigenvalue weighted by Crippen LogP contribution is -2.47. The number of anilines is 1. The number of carbonyl (C=O) groups excluding carboxylic acids is 1. The van der Waals surface area contributed by atoms with Crippen LogP contribution in [-0.2, 0) is 11.3 Å². The Hall–Kier alpha value is -1.66. The van der Waals surface area contributed by atoms with Crippen LogP contribution in [0.3, 0.4) is 0 Å². The summed E-state index contributed by atoms with van der Waals surface area (Å²) in [5.41, 5.74) is 12.8. The Kier molecular flexibility index (Phi) is 5.13. The van der Waals surface area contributed by atoms with Crippen molar-refractivity contribution in [3.8, 4) is 0 Å². The third-order valence-corrected chi connectivity index (χ3v) is 5.04. The van der Waals surface area contributed by atoms with Crippen molar-refractivity contribution in [3.63, 3.8) is 0 Å². The second kappa shape index (κ2) is 7.27. The number of nitrogens with two attached hydrogens (primary N) is 2. The molecule has 0 aromatic carbocycles. The average Bonchev–Trinajstić information content (AvgIpc) is 2.56. The van der Waals surface area contributed by atoms with Crippen LogP contribution < -0.4 is 11.5 Å². The summed E-state index contributed by atoms with van der Waals surface area (Å²) >= 11 is 0. The van der Waals surface area contributed by atoms with Gasteiger partial charge in [-0.25, -0.2) is 4.98 Å². The molecular weight excluding hydrogens is 290 g/mol. The number of rotatable bonds is 3. The van der Waals surface area contributed by atoms with Crippen molar-refractivity contribution >= 4 is 11.7 Å². The van der Waals surface area contributed by atoms with Gasteiger partial charge in [-0.2, -0.15) is 0 Å². The normalized spacial score (nSPS) is 21.5. The van der Waals surface area contributed by atoms with Crippen molar-refractivity contribution in [2.24, 2.45) is 11.7 Å². The first-order chi connectivity index (χ1) is 11.1. The lowest BCUT2D eigenvalue weighted by molar-refractivity contribution is -0.138. The molecule has 23 heavy (non-hydrogen) atoms. The van der Waals surface area contributed by atoms with Crippen LogP contribution in [0.2, 0.25) is 0 Å². The van der Waals surface area contributed by atoms with Crippen LogP contribution in [0.1, 0.15) is 31.2 Å². The van der Waals surface area contributed by atoms with E-state index in [1.54, 1.807) is 6.20 Å². The number of hydrogen-bond donors (Lipinski definition) is 2. The zero-order valence-electron chi connectivity index (χ0n) is 13.7. The largest absolute Gasteiger partial charge is 0.384 e. The molecule has 3 rings (SSSR count). The summed E-state index contributed by atoms with van der Waals surface area (Å²) in [6.45, 7) is 4.47. The monoisotopic (exact) mass is 317 g/mol. The van der Waals surface area contributed by atoms with E-state index >= 15 is 0 Å². The predicted molar refractivity (Wildman–Crippen MR) is 90.4 cm³/mol. The summed E-state index contributed by atoms with van der Waals surface area (Å²) in [7, 11) is 0. The smallest absolute Gasteiger partial charge is 0.225 e. The summed E-state index contributed by atoms with van der Waals surface area (Å²) < 4.78 is 0. The molecule has 6 heteroatoms. The van der Waals surface area contributed by atoms with Gasteiger partial charge in [-0.05, 0) is 56.5 Å². The number of likely N-dealkylation sites (tertiary alicyclic amines) is 2. The molecule has 2 aliphatic heterocycles. The zero-order chi connectivity index (χ0) is 16.2. The lowest BCUT2D eigenvalue weighted by atomic mass is 9.93. The van der Waals surface area contributed by atoms with Gasteiger partial charge in [0.2, 0.25) is 5.91 Å². The number of carbonyl (C=O) groups is 1. The van der Waals surface area contributed by atoms with Crippen LogP contribution in [0.15, 0.2) is 18.3 Å². The molecule has 0 unspecified atom stereocenters. The van der Waals surface area contributed by atoms with Gasteiger partial charge in [-0.3, -0.25) is 9.69 Å². The highest BCUT2D eigenvalue weighted by molar-refractivity contribution is 5.79. The minimum absolute atomic E-state index is 0.183. The fraction of sp³-hybridized carbons (Fsp3) is 0.647. The fourth-order valence-electron chi connectivity index (χ4n) is 3.57. The number of nitrogens with zero attached hydrogens (tertiary/aromatic N) is 3. The highest BCUT2D eigenvalue weighted by atomic mass is 16.2. The Balaban J connectivity index is 1.47. The van der Waals surface area contributed by atoms with Gasteiger partial charge in [0.1, 0.15) is 5.82 Å². The molecular formula is C17H27N5O. The van der Waals surface area contributed by atoms with E-state index in [0.29, 0.717) is 11.7 Å². The molecule has 2 saturated heterocycles. The predicted octanol–water partition coefficient (Wildman–Crippen LogP) is 0.825. The molecule has 0 bridgehead atoms. The minimum Gasteiger partial charge on any atom is -0.384 e. The van der Waals surface area contributed by atoms with Crippen molar-refractivity contribution in [2.75, 3.05) is 31.9 Å². The van der Waals surface area contributed by atoms with Gasteiger partial charge in [0, 0.05) is 37.8 Å². The Morgan fingerprint density at radius 1 is 1.17 bits per heavy atom. The average molecular weight is 317 g/mol. The lowest BCUT2D eigenvalue weighted by Gasteiger charge is -2.36. The summed E-state index contributed by atoms with van der Waals surface area (Å²) in [4.78, 5) is 21.1. The molecule has 0 aliphatic carbocycles. The Bertz CT molecular complexity index is 534. The van der Waals surface area contributed by atoms with Crippen molar-refractivity contribution in [1.29, 1.82) is 0 Å². The molecule has 126 valence electrons. The molecule has 0 spiro atoms. The fourth-order valence-corrected chi connectivity index (χ4v) is 3.57. The van der Waals surface area contributed by atoms with Gasteiger partial charge >= 0.3 is 0 Å². The van der Waals surface area contributed by atoms with Gasteiger partial charge in [0.25, 0.3) is 0 Å². The van der Waals surface area contributed by atoms with Crippen LogP contribution >= 0.6 is 0 Å². The Labute approximate surface area is 137 Å². The highest BCUT2D eigenvalue weighted by Gasteiger charge is 2.30. The second-order valence-corrected chi connectivity index (χ2v) is 6.80. The maximum absolute atomic E-state index is 12.6. The number of aromatic nitrogens is 1. The van der Waals surface area contributed by atoms with Gasteiger partial charge < -0.3 is 16.4 Å². The first kappa shape index (κ1) is 16.2. The number of nitrogen functional groups attached to an aromatic ring is 1. The second-order valence-electron chi connectivity index (χ2n) is 6.80. The third kappa shape index (κ3) is 4.20. The molecule has 3 heterocycles. The number of piperidine rings is 2. The van der Waals surface area contributed by atoms with Crippen LogP contribution in [0.4, 0.5) is 5.82 Å². The van der Waals surface area contributed by atoms with Crippen LogP contribution in [-0.4, -0.2) is 52.9 Å². The number of hydrogen-bond acceptors (Lipinski definition) is 5. The van der Waals surface area contributed by atoms with E-state index in [9.17, 15) is 4.79 Å². The van der Waals surface area contributed by atoms with Crippen molar-refractivity contribution in [3.05, 3.63) is 23.9 Å². The van der Waals surface area contributed by atoms with E-state index in [2.05, 4.69) is 9.88 Å². The molecule has 1 amide bonds.